The summed E-state index contributed by atoms with van der Waals surface area (Å²) in [5.74, 6) is 4.14. The lowest BCUT2D eigenvalue weighted by Gasteiger charge is -2.13. The van der Waals surface area contributed by atoms with Crippen LogP contribution >= 0.6 is 22.7 Å². The van der Waals surface area contributed by atoms with Gasteiger partial charge < -0.3 is 9.13 Å². The van der Waals surface area contributed by atoms with Gasteiger partial charge in [0.1, 0.15) is 0 Å². The van der Waals surface area contributed by atoms with Crippen LogP contribution in [0.5, 0.6) is 0 Å². The van der Waals surface area contributed by atoms with Gasteiger partial charge in [0.25, 0.3) is 0 Å². The van der Waals surface area contributed by atoms with Crippen molar-refractivity contribution < 1.29 is 0 Å². The van der Waals surface area contributed by atoms with E-state index in [0.717, 1.165) is 167 Å². The fraction of sp³-hybridized carbons (Fsp3) is 0. The second kappa shape index (κ2) is 32.5. The van der Waals surface area contributed by atoms with Crippen molar-refractivity contribution in [1.29, 1.82) is 0 Å². The van der Waals surface area contributed by atoms with Crippen LogP contribution in [-0.2, 0) is 0 Å². The molecule has 0 atom stereocenters. The Morgan fingerprint density at radius 3 is 1.12 bits per heavy atom. The number of para-hydroxylation sites is 4. The van der Waals surface area contributed by atoms with E-state index in [9.17, 15) is 0 Å². The normalized spacial score (nSPS) is 11.8. The standard InChI is InChI=1S/C124H75N11S2/c1-5-28-78(29-6-1)105-75-106(126-118(125-105)82-56-54-76(55-57-82)77-58-62-91(63-59-77)133-107-48-19-13-42-95(107)96-43-14-20-49-108(96)133)87-38-26-37-84(69-87)93-64-65-94(117-115(93)100-47-18-24-53-114(100)137-117)85-60-67-112-103(71-85)98-45-16-22-51-110(98)135(112)124-131-121(81-34-11-4-12-35-81)130-123(132-124)88-39-25-36-83(68-88)90-73-101(116-104(74-90)99-46-17-23-52-113(99)136-116)86-61-66-111-102(72-86)97-44-15-21-50-109(97)134(111)92-41-27-40-89(70-92)122-128-119(79-30-7-2-8-31-79)127-120(129-122)80-32-9-3-10-33-80/h1-75H. The molecule has 0 unspecified atom stereocenters. The third-order valence-corrected chi connectivity index (χ3v) is 29.2. The largest absolute Gasteiger partial charge is 0.309 e. The summed E-state index contributed by atoms with van der Waals surface area (Å²) < 4.78 is 11.8. The quantitative estimate of drug-likeness (QED) is 0.0939. The summed E-state index contributed by atoms with van der Waals surface area (Å²) in [5.41, 5.74) is 28.9. The molecule has 8 heterocycles. The summed E-state index contributed by atoms with van der Waals surface area (Å²) in [7, 11) is 0. The molecule has 27 aromatic rings. The Bertz CT molecular complexity index is 9420. The highest BCUT2D eigenvalue weighted by Crippen LogP contribution is 2.50. The lowest BCUT2D eigenvalue weighted by atomic mass is 9.93. The smallest absolute Gasteiger partial charge is 0.238 e. The van der Waals surface area contributed by atoms with Gasteiger partial charge in [0.05, 0.1) is 44.5 Å². The highest BCUT2D eigenvalue weighted by atomic mass is 32.1. The summed E-state index contributed by atoms with van der Waals surface area (Å²) in [6, 6.07) is 162. The summed E-state index contributed by atoms with van der Waals surface area (Å²) in [6.07, 6.45) is 0. The van der Waals surface area contributed by atoms with Crippen molar-refractivity contribution in [2.75, 3.05) is 0 Å². The van der Waals surface area contributed by atoms with E-state index in [4.69, 9.17) is 39.9 Å². The lowest BCUT2D eigenvalue weighted by Crippen LogP contribution is -2.06. The third-order valence-electron chi connectivity index (χ3n) is 26.8. The Kier molecular flexibility index (Phi) is 18.7. The van der Waals surface area contributed by atoms with Crippen molar-refractivity contribution in [3.05, 3.63) is 455 Å². The number of rotatable bonds is 16. The van der Waals surface area contributed by atoms with Gasteiger partial charge in [-0.25, -0.2) is 29.9 Å². The maximum atomic E-state index is 5.59. The van der Waals surface area contributed by atoms with Crippen LogP contribution in [0.2, 0.25) is 0 Å². The van der Waals surface area contributed by atoms with Crippen LogP contribution in [0.15, 0.2) is 455 Å². The third kappa shape index (κ3) is 13.7. The molecule has 0 fully saturated rings. The molecule has 0 N–H and O–H groups in total. The molecule has 0 aliphatic carbocycles. The Labute approximate surface area is 794 Å². The highest BCUT2D eigenvalue weighted by Gasteiger charge is 2.26. The maximum absolute atomic E-state index is 5.59. The molecule has 0 saturated heterocycles. The lowest BCUT2D eigenvalue weighted by molar-refractivity contribution is 0.953. The van der Waals surface area contributed by atoms with Crippen molar-refractivity contribution in [2.24, 2.45) is 0 Å². The Morgan fingerprint density at radius 1 is 0.161 bits per heavy atom. The molecule has 8 aromatic heterocycles. The molecular weight excluding hydrogens is 1710 g/mol. The summed E-state index contributed by atoms with van der Waals surface area (Å²) in [6.45, 7) is 0. The molecule has 0 aliphatic rings. The first-order valence-electron chi connectivity index (χ1n) is 46.0. The van der Waals surface area contributed by atoms with Gasteiger partial charge in [-0.2, -0.15) is 9.97 Å². The predicted molar refractivity (Wildman–Crippen MR) is 568 cm³/mol. The monoisotopic (exact) mass is 1780 g/mol. The Balaban J connectivity index is 0.530. The average molecular weight is 1780 g/mol. The molecule has 0 spiro atoms. The topological polar surface area (TPSA) is 118 Å². The van der Waals surface area contributed by atoms with Gasteiger partial charge in [-0.1, -0.05) is 340 Å². The van der Waals surface area contributed by atoms with Crippen LogP contribution in [0.25, 0.3) is 270 Å². The number of benzene rings is 19. The first kappa shape index (κ1) is 78.9. The van der Waals surface area contributed by atoms with Crippen LogP contribution in [0.4, 0.5) is 0 Å². The van der Waals surface area contributed by atoms with E-state index in [-0.39, 0.29) is 0 Å². The van der Waals surface area contributed by atoms with Gasteiger partial charge in [-0.05, 0) is 165 Å². The van der Waals surface area contributed by atoms with Crippen molar-refractivity contribution in [1.82, 2.24) is 53.6 Å². The van der Waals surface area contributed by atoms with E-state index < -0.39 is 0 Å². The second-order valence-corrected chi connectivity index (χ2v) is 37.0. The highest BCUT2D eigenvalue weighted by molar-refractivity contribution is 7.26. The molecule has 0 bridgehead atoms. The molecule has 0 saturated carbocycles. The van der Waals surface area contributed by atoms with Crippen LogP contribution in [0, 0.1) is 0 Å². The molecule has 0 aliphatic heterocycles. The average Bonchev–Trinajstić information content (AvgIpc) is 1.57. The number of thiophene rings is 2. The number of nitrogens with zero attached hydrogens (tertiary/aromatic N) is 11. The van der Waals surface area contributed by atoms with E-state index in [1.807, 2.05) is 108 Å². The number of fused-ring (bicyclic) bond motifs is 15. The van der Waals surface area contributed by atoms with Crippen molar-refractivity contribution in [3.63, 3.8) is 0 Å². The number of hydrogen-bond donors (Lipinski definition) is 0. The van der Waals surface area contributed by atoms with E-state index >= 15 is 0 Å². The molecule has 0 radical (unpaired) electrons. The Morgan fingerprint density at radius 2 is 0.518 bits per heavy atom. The van der Waals surface area contributed by atoms with Gasteiger partial charge in [0.2, 0.25) is 5.95 Å². The fourth-order valence-corrected chi connectivity index (χ4v) is 22.8. The molecule has 13 heteroatoms. The minimum atomic E-state index is 0.519. The first-order chi connectivity index (χ1) is 67.9. The van der Waals surface area contributed by atoms with E-state index in [1.54, 1.807) is 0 Å². The molecular formula is C124H75N11S2. The molecule has 27 rings (SSSR count). The molecule has 638 valence electrons. The SMILES string of the molecule is c1ccc(-c2cc(-c3cccc(-c4ccc(-c5ccc6c(c5)c5ccccc5n6-c5nc(-c6ccccc6)nc(-c6cccc(-c7cc(-c8ccc9c(c8)c8ccccc8n9-c8cccc(-c9nc(-c%10ccccc%10)nc(-c%10ccccc%10)n9)c8)c8sc9ccccc9c8c7)c6)n5)c5sc6ccccc6c45)c3)nc(-c3ccc(-c4ccc(-n5c6ccccc6c6ccccc65)cc4)cc3)n2)cc1. The van der Waals surface area contributed by atoms with Crippen LogP contribution in [0.1, 0.15) is 0 Å². The van der Waals surface area contributed by atoms with Gasteiger partial charge in [-0.3, -0.25) is 4.57 Å². The molecule has 137 heavy (non-hydrogen) atoms. The Hall–Kier alpha value is -17.9. The van der Waals surface area contributed by atoms with Gasteiger partial charge >= 0.3 is 0 Å². The van der Waals surface area contributed by atoms with E-state index in [1.165, 1.54) is 62.2 Å². The first-order valence-corrected chi connectivity index (χ1v) is 47.6. The number of hydrogen-bond acceptors (Lipinski definition) is 10. The van der Waals surface area contributed by atoms with Gasteiger partial charge in [0.15, 0.2) is 34.9 Å². The molecule has 19 aromatic carbocycles. The second-order valence-electron chi connectivity index (χ2n) is 34.9. The van der Waals surface area contributed by atoms with Crippen LogP contribution in [-0.4, -0.2) is 53.6 Å². The van der Waals surface area contributed by atoms with Gasteiger partial charge in [0, 0.05) is 134 Å². The minimum absolute atomic E-state index is 0.519. The van der Waals surface area contributed by atoms with Crippen LogP contribution < -0.4 is 0 Å². The van der Waals surface area contributed by atoms with E-state index in [2.05, 4.69) is 384 Å². The summed E-state index contributed by atoms with van der Waals surface area (Å²) in [4.78, 5) is 42.5. The zero-order valence-corrected chi connectivity index (χ0v) is 75.2. The maximum Gasteiger partial charge on any atom is 0.238 e. The summed E-state index contributed by atoms with van der Waals surface area (Å²) >= 11 is 3.69. The number of aromatic nitrogens is 11. The van der Waals surface area contributed by atoms with Crippen molar-refractivity contribution in [3.8, 4) is 164 Å². The van der Waals surface area contributed by atoms with Crippen molar-refractivity contribution in [2.45, 2.75) is 0 Å². The zero-order chi connectivity index (χ0) is 90.1. The minimum Gasteiger partial charge on any atom is -0.309 e. The fourth-order valence-electron chi connectivity index (χ4n) is 20.3. The summed E-state index contributed by atoms with van der Waals surface area (Å²) in [5, 5.41) is 11.8. The van der Waals surface area contributed by atoms with Crippen molar-refractivity contribution >= 4 is 128 Å². The van der Waals surface area contributed by atoms with Crippen LogP contribution in [0.3, 0.4) is 0 Å². The zero-order valence-electron chi connectivity index (χ0n) is 73.5. The van der Waals surface area contributed by atoms with E-state index in [0.29, 0.717) is 40.9 Å². The predicted octanol–water partition coefficient (Wildman–Crippen LogP) is 32.5. The molecule has 0 amide bonds. The molecule has 11 nitrogen and oxygen atoms in total. The van der Waals surface area contributed by atoms with Gasteiger partial charge in [-0.15, -0.1) is 22.7 Å².